The van der Waals surface area contributed by atoms with Crippen molar-refractivity contribution in [1.29, 1.82) is 0 Å². The Hall–Kier alpha value is 3.09. The molecule has 0 spiro atoms. The molecule has 1 aromatic carbocycles. The number of fused-ring (bicyclic) bond motifs is 1. The van der Waals surface area contributed by atoms with Crippen LogP contribution in [0.1, 0.15) is 6.42 Å². The Bertz CT molecular complexity index is 994. The molecule has 35 heavy (non-hydrogen) atoms. The fraction of sp³-hybridized carbons (Fsp3) is 0.368. The van der Waals surface area contributed by atoms with Crippen molar-refractivity contribution in [2.24, 2.45) is 5.73 Å². The minimum absolute atomic E-state index is 0.103. The molecule has 0 saturated heterocycles. The zero-order valence-corrected chi connectivity index (χ0v) is 34.1. The van der Waals surface area contributed by atoms with Gasteiger partial charge in [0.25, 0.3) is 0 Å². The quantitative estimate of drug-likeness (QED) is 0.184. The summed E-state index contributed by atoms with van der Waals surface area (Å²) in [5, 5.41) is 4.89. The number of nitrogens with two attached hydrogens (primary N) is 1. The Balaban J connectivity index is 0.000000524. The Morgan fingerprint density at radius 1 is 1.06 bits per heavy atom. The normalized spacial score (nSPS) is 9.89. The summed E-state index contributed by atoms with van der Waals surface area (Å²) in [6, 6.07) is 13.2. The number of halogens is 8. The van der Waals surface area contributed by atoms with Crippen molar-refractivity contribution in [2.45, 2.75) is 13.0 Å². The number of hydrogen-bond acceptors (Lipinski definition) is 4. The van der Waals surface area contributed by atoms with Gasteiger partial charge in [0.1, 0.15) is 0 Å². The van der Waals surface area contributed by atoms with Crippen molar-refractivity contribution in [1.82, 2.24) is 14.2 Å². The number of benzene rings is 1. The van der Waals surface area contributed by atoms with E-state index in [0.29, 0.717) is 40.0 Å². The van der Waals surface area contributed by atoms with E-state index < -0.39 is 0 Å². The molecule has 2 heterocycles. The average Bonchev–Trinajstić information content (AvgIpc) is 3.14. The molecular weight excluding hydrogens is 1160 g/mol. The molecule has 0 radical (unpaired) electrons. The summed E-state index contributed by atoms with van der Waals surface area (Å²) in [6.45, 7) is 2.72. The van der Waals surface area contributed by atoms with Gasteiger partial charge < -0.3 is 10.6 Å². The van der Waals surface area contributed by atoms with Gasteiger partial charge >= 0.3 is 120 Å². The summed E-state index contributed by atoms with van der Waals surface area (Å²) < 4.78 is 2.97. The van der Waals surface area contributed by atoms with Crippen LogP contribution in [-0.4, -0.2) is 45.6 Å². The van der Waals surface area contributed by atoms with Crippen LogP contribution in [0.4, 0.5) is 5.69 Å². The van der Waals surface area contributed by atoms with Crippen molar-refractivity contribution in [3.63, 3.8) is 0 Å². The van der Waals surface area contributed by atoms with Gasteiger partial charge in [-0.3, -0.25) is 4.40 Å². The van der Waals surface area contributed by atoms with E-state index in [1.807, 2.05) is 36.4 Å². The van der Waals surface area contributed by atoms with Gasteiger partial charge in [-0.2, -0.15) is 0 Å². The van der Waals surface area contributed by atoms with Crippen LogP contribution in [-0.2, 0) is 20.9 Å². The van der Waals surface area contributed by atoms with Crippen LogP contribution in [0.3, 0.4) is 0 Å². The molecule has 3 rings (SSSR count). The van der Waals surface area contributed by atoms with E-state index in [4.69, 9.17) is 40.5 Å². The molecule has 2 aromatic heterocycles. The molecule has 0 aliphatic carbocycles. The number of hydrogen-bond donors (Lipinski definition) is 1. The fourth-order valence-corrected chi connectivity index (χ4v) is 3.19. The van der Waals surface area contributed by atoms with Crippen LogP contribution in [0.5, 0.6) is 0 Å². The first-order chi connectivity index (χ1) is 16.7. The number of aromatic nitrogens is 3. The van der Waals surface area contributed by atoms with Crippen molar-refractivity contribution in [3.05, 3.63) is 64.2 Å². The zero-order chi connectivity index (χ0) is 26.6. The third-order valence-corrected chi connectivity index (χ3v) is 4.52. The molecule has 0 aliphatic heterocycles. The number of rotatable bonds is 8. The Labute approximate surface area is 288 Å². The molecule has 0 amide bonds. The molecule has 3 aromatic rings. The van der Waals surface area contributed by atoms with Crippen molar-refractivity contribution < 1.29 is 14.4 Å². The van der Waals surface area contributed by atoms with E-state index in [0.717, 1.165) is 30.2 Å². The van der Waals surface area contributed by atoms with Crippen LogP contribution < -0.4 is 16.3 Å². The predicted molar refractivity (Wildman–Crippen MR) is 188 cm³/mol. The third kappa shape index (κ3) is 18.2. The molecule has 6 nitrogen and oxygen atoms in total. The van der Waals surface area contributed by atoms with Crippen LogP contribution >= 0.6 is 135 Å². The van der Waals surface area contributed by atoms with E-state index in [1.165, 1.54) is 9.08 Å². The molecule has 16 heteroatoms. The second-order valence-corrected chi connectivity index (χ2v) is 54.5. The zero-order valence-electron chi connectivity index (χ0n) is 18.3. The Morgan fingerprint density at radius 3 is 2.14 bits per heavy atom. The van der Waals surface area contributed by atoms with Gasteiger partial charge in [-0.05, 0) is 43.3 Å². The molecule has 197 valence electrons. The summed E-state index contributed by atoms with van der Waals surface area (Å²) in [7, 11) is 0.628. The summed E-state index contributed by atoms with van der Waals surface area (Å²) in [5.41, 5.74) is 7.01. The van der Waals surface area contributed by atoms with E-state index >= 15 is 0 Å². The first-order valence-corrected chi connectivity index (χ1v) is 33.8. The number of anilines is 1. The summed E-state index contributed by atoms with van der Waals surface area (Å²) in [6.07, 6.45) is 2.48. The SMILES string of the molecule is ClCCN(CCCl)c1cccc(Cl)c1.NCCCn1nc2ccccn2c1=O.[I][V]([I])[I].[I][V][I]. The first kappa shape index (κ1) is 38.1. The number of pyridine rings is 1. The second-order valence-electron chi connectivity index (χ2n) is 6.18. The third-order valence-electron chi connectivity index (χ3n) is 3.94. The van der Waals surface area contributed by atoms with Gasteiger partial charge in [-0.25, -0.2) is 9.48 Å². The standard InChI is InChI=1S/C10H12Cl3N.C9H12N4O.5HI.2V/c11-4-6-14(7-5-12)10-3-1-2-9(13)8-10;10-5-3-7-13-9(14)12-6-2-1-4-8(12)11-13;;;;;;;/h1-3,8H,4-7H2;1-2,4,6H,3,5,7,10H2;5*1H;;/q;;;;;;;+2;+3/p-5. The van der Waals surface area contributed by atoms with Crippen molar-refractivity contribution >= 4 is 146 Å². The van der Waals surface area contributed by atoms with Crippen LogP contribution in [0.2, 0.25) is 5.02 Å². The topological polar surface area (TPSA) is 68.6 Å². The first-order valence-electron chi connectivity index (χ1n) is 9.82. The number of nitrogens with zero attached hydrogens (tertiary/aromatic N) is 4. The minimum atomic E-state index is -0.278. The van der Waals surface area contributed by atoms with Gasteiger partial charge in [0.15, 0.2) is 5.65 Å². The van der Waals surface area contributed by atoms with Gasteiger partial charge in [0.05, 0.1) is 0 Å². The molecule has 0 bridgehead atoms. The summed E-state index contributed by atoms with van der Waals surface area (Å²) in [5.74, 6) is 1.17. The number of aryl methyl sites for hydroxylation is 1. The van der Waals surface area contributed by atoms with Crippen molar-refractivity contribution in [2.75, 3.05) is 36.3 Å². The Kier molecular flexibility index (Phi) is 27.0. The monoisotopic (exact) mass is 1180 g/mol. The average molecular weight is 1180 g/mol. The van der Waals surface area contributed by atoms with Gasteiger partial charge in [-0.15, -0.1) is 28.3 Å². The van der Waals surface area contributed by atoms with Gasteiger partial charge in [0.2, 0.25) is 0 Å². The maximum atomic E-state index is 11.7. The van der Waals surface area contributed by atoms with Crippen LogP contribution in [0.15, 0.2) is 53.5 Å². The molecular formula is C19H24Cl3I5N5OV2. The molecule has 0 fully saturated rings. The predicted octanol–water partition coefficient (Wildman–Crippen LogP) is 7.89. The summed E-state index contributed by atoms with van der Waals surface area (Å²) in [4.78, 5) is 13.5. The van der Waals surface area contributed by atoms with E-state index in [1.54, 1.807) is 12.3 Å². The van der Waals surface area contributed by atoms with Gasteiger partial charge in [0, 0.05) is 48.3 Å². The fourth-order valence-electron chi connectivity index (χ4n) is 2.60. The van der Waals surface area contributed by atoms with Crippen molar-refractivity contribution in [3.8, 4) is 0 Å². The molecule has 2 N–H and O–H groups in total. The maximum absolute atomic E-state index is 11.7. The number of alkyl halides is 2. The van der Waals surface area contributed by atoms with E-state index in [9.17, 15) is 4.79 Å². The van der Waals surface area contributed by atoms with E-state index in [-0.39, 0.29) is 10.6 Å². The second kappa shape index (κ2) is 24.9. The molecule has 0 aliphatic rings. The van der Waals surface area contributed by atoms with Crippen LogP contribution in [0.25, 0.3) is 5.65 Å². The Morgan fingerprint density at radius 2 is 1.66 bits per heavy atom. The molecule has 0 saturated carbocycles. The molecule has 0 atom stereocenters. The molecule has 0 unspecified atom stereocenters. The van der Waals surface area contributed by atoms with E-state index in [2.05, 4.69) is 110 Å². The van der Waals surface area contributed by atoms with Crippen LogP contribution in [0, 0.1) is 0 Å². The van der Waals surface area contributed by atoms with Gasteiger partial charge in [-0.1, -0.05) is 23.7 Å². The summed E-state index contributed by atoms with van der Waals surface area (Å²) >= 11 is 29.4.